The Bertz CT molecular complexity index is 1550. The number of aliphatic hydroxyl groups is 1. The number of aromatic nitrogens is 4. The molecule has 3 heterocycles. The zero-order chi connectivity index (χ0) is 25.5. The maximum absolute atomic E-state index is 13.8. The zero-order valence-electron chi connectivity index (χ0n) is 20.3. The first kappa shape index (κ1) is 23.1. The molecule has 2 saturated carbocycles. The number of hydrogen-bond acceptors (Lipinski definition) is 5. The number of rotatable bonds is 3. The van der Waals surface area contributed by atoms with E-state index in [0.717, 1.165) is 16.8 Å². The lowest BCUT2D eigenvalue weighted by atomic mass is 9.72. The molecule has 0 unspecified atom stereocenters. The second-order valence-corrected chi connectivity index (χ2v) is 11.1. The number of hydrogen-bond donors (Lipinski definition) is 2. The molecule has 9 heteroatoms. The Morgan fingerprint density at radius 3 is 2.50 bits per heavy atom. The van der Waals surface area contributed by atoms with Gasteiger partial charge in [-0.15, -0.1) is 0 Å². The molecule has 2 aliphatic rings. The van der Waals surface area contributed by atoms with E-state index in [1.54, 1.807) is 17.0 Å². The Kier molecular flexibility index (Phi) is 4.87. The number of nitrogens with zero attached hydrogens (tertiary/aromatic N) is 4. The number of alkyl halides is 2. The predicted molar refractivity (Wildman–Crippen MR) is 134 cm³/mol. The number of nitrogen functional groups attached to an aromatic ring is 1. The predicted octanol–water partition coefficient (Wildman–Crippen LogP) is 4.85. The van der Waals surface area contributed by atoms with Crippen molar-refractivity contribution in [3.05, 3.63) is 59.0 Å². The van der Waals surface area contributed by atoms with E-state index >= 15 is 0 Å². The fraction of sp³-hybridized carbons (Fsp3) is 0.444. The van der Waals surface area contributed by atoms with Crippen molar-refractivity contribution in [1.29, 1.82) is 0 Å². The number of anilines is 1. The second-order valence-electron chi connectivity index (χ2n) is 11.1. The summed E-state index contributed by atoms with van der Waals surface area (Å²) >= 11 is 0. The summed E-state index contributed by atoms with van der Waals surface area (Å²) in [4.78, 5) is 22.8. The van der Waals surface area contributed by atoms with E-state index in [4.69, 9.17) is 10.7 Å². The van der Waals surface area contributed by atoms with Crippen molar-refractivity contribution < 1.29 is 13.9 Å². The largest absolute Gasteiger partial charge is 0.390 e. The third-order valence-electron chi connectivity index (χ3n) is 8.17. The van der Waals surface area contributed by atoms with E-state index in [9.17, 15) is 18.7 Å². The number of nitrogens with two attached hydrogens (primary N) is 1. The van der Waals surface area contributed by atoms with Crippen LogP contribution in [0.15, 0.2) is 47.7 Å². The molecule has 7 nitrogen and oxygen atoms in total. The Morgan fingerprint density at radius 1 is 1.08 bits per heavy atom. The molecule has 36 heavy (non-hydrogen) atoms. The van der Waals surface area contributed by atoms with Gasteiger partial charge in [-0.2, -0.15) is 0 Å². The van der Waals surface area contributed by atoms with E-state index < -0.39 is 17.1 Å². The lowest BCUT2D eigenvalue weighted by Crippen LogP contribution is -2.43. The summed E-state index contributed by atoms with van der Waals surface area (Å²) in [6, 6.07) is 7.45. The topological polar surface area (TPSA) is 98.4 Å². The normalized spacial score (nSPS) is 25.2. The quantitative estimate of drug-likeness (QED) is 0.425. The highest BCUT2D eigenvalue weighted by atomic mass is 19.3. The Labute approximate surface area is 206 Å². The van der Waals surface area contributed by atoms with Gasteiger partial charge in [-0.3, -0.25) is 9.20 Å². The molecule has 2 fully saturated rings. The lowest BCUT2D eigenvalue weighted by molar-refractivity contribution is -0.0607. The summed E-state index contributed by atoms with van der Waals surface area (Å²) in [5.74, 6) is -1.44. The molecule has 4 aromatic rings. The van der Waals surface area contributed by atoms with Gasteiger partial charge in [0.1, 0.15) is 22.9 Å². The van der Waals surface area contributed by atoms with E-state index in [1.807, 2.05) is 48.7 Å². The summed E-state index contributed by atoms with van der Waals surface area (Å²) in [6.07, 6.45) is 6.42. The second kappa shape index (κ2) is 7.59. The molecule has 0 radical (unpaired) electrons. The summed E-state index contributed by atoms with van der Waals surface area (Å²) in [7, 11) is 0. The maximum atomic E-state index is 13.8. The van der Waals surface area contributed by atoms with Crippen molar-refractivity contribution in [1.82, 2.24) is 18.9 Å². The third-order valence-corrected chi connectivity index (χ3v) is 8.17. The molecule has 0 atom stereocenters. The van der Waals surface area contributed by atoms with E-state index in [0.29, 0.717) is 35.3 Å². The highest BCUT2D eigenvalue weighted by Crippen LogP contribution is 2.45. The monoisotopic (exact) mass is 493 g/mol. The number of imidazole rings is 1. The van der Waals surface area contributed by atoms with Crippen LogP contribution in [0.1, 0.15) is 64.1 Å². The molecular weight excluding hydrogens is 464 g/mol. The van der Waals surface area contributed by atoms with Crippen molar-refractivity contribution >= 4 is 22.1 Å². The molecule has 0 amide bonds. The molecule has 3 N–H and O–H groups in total. The van der Waals surface area contributed by atoms with Crippen molar-refractivity contribution in [3.63, 3.8) is 0 Å². The van der Waals surface area contributed by atoms with E-state index in [2.05, 4.69) is 4.98 Å². The first-order valence-corrected chi connectivity index (χ1v) is 12.4. The molecular formula is C27H29F2N5O2. The van der Waals surface area contributed by atoms with E-state index in [1.165, 1.54) is 0 Å². The Morgan fingerprint density at radius 2 is 1.81 bits per heavy atom. The minimum atomic E-state index is -2.67. The maximum Gasteiger partial charge on any atom is 0.258 e. The highest BCUT2D eigenvalue weighted by Gasteiger charge is 2.43. The average molecular weight is 494 g/mol. The van der Waals surface area contributed by atoms with Crippen LogP contribution in [0.4, 0.5) is 14.6 Å². The van der Waals surface area contributed by atoms with Gasteiger partial charge in [0, 0.05) is 53.8 Å². The first-order chi connectivity index (χ1) is 17.0. The van der Waals surface area contributed by atoms with Crippen LogP contribution in [-0.2, 0) is 5.54 Å². The van der Waals surface area contributed by atoms with Gasteiger partial charge in [0.2, 0.25) is 5.92 Å². The van der Waals surface area contributed by atoms with Crippen LogP contribution >= 0.6 is 0 Å². The smallest absolute Gasteiger partial charge is 0.258 e. The third kappa shape index (κ3) is 3.59. The molecule has 0 spiro atoms. The molecule has 0 saturated heterocycles. The molecule has 6 rings (SSSR count). The highest BCUT2D eigenvalue weighted by molar-refractivity contribution is 5.91. The molecule has 2 aliphatic carbocycles. The van der Waals surface area contributed by atoms with Gasteiger partial charge < -0.3 is 15.4 Å². The minimum Gasteiger partial charge on any atom is -0.390 e. The fourth-order valence-electron chi connectivity index (χ4n) is 5.97. The van der Waals surface area contributed by atoms with Crippen LogP contribution in [0.3, 0.4) is 0 Å². The number of pyridine rings is 1. The van der Waals surface area contributed by atoms with Crippen LogP contribution in [0.2, 0.25) is 0 Å². The van der Waals surface area contributed by atoms with Crippen LogP contribution in [0.25, 0.3) is 27.5 Å². The van der Waals surface area contributed by atoms with Gasteiger partial charge in [0.25, 0.3) is 5.56 Å². The van der Waals surface area contributed by atoms with Gasteiger partial charge in [0.15, 0.2) is 0 Å². The fourth-order valence-corrected chi connectivity index (χ4v) is 5.97. The number of halogens is 2. The van der Waals surface area contributed by atoms with Crippen LogP contribution in [-0.4, -0.2) is 35.6 Å². The first-order valence-electron chi connectivity index (χ1n) is 12.4. The summed E-state index contributed by atoms with van der Waals surface area (Å²) < 4.78 is 31.2. The van der Waals surface area contributed by atoms with E-state index in [-0.39, 0.29) is 37.2 Å². The van der Waals surface area contributed by atoms with Crippen LogP contribution < -0.4 is 11.3 Å². The molecule has 188 valence electrons. The van der Waals surface area contributed by atoms with Crippen molar-refractivity contribution in [2.45, 2.75) is 75.4 Å². The van der Waals surface area contributed by atoms with Crippen molar-refractivity contribution in [2.75, 3.05) is 5.73 Å². The number of fused-ring (bicyclic) bond motifs is 2. The standard InChI is InChI=1S/C27H29F2N5O2/c1-25(6-8-27(28,29)9-7-25)34-11-5-16-3-4-17(13-19(16)24(34)35)20-21-22(30)31-10-12-33(21)23(32-20)18-14-26(2,36)15-18/h3-5,10-13,18,36H,6-9,14-15H2,1-2H3,(H2,30,31). The minimum absolute atomic E-state index is 0.0881. The van der Waals surface area contributed by atoms with Crippen molar-refractivity contribution in [2.24, 2.45) is 0 Å². The molecule has 3 aromatic heterocycles. The summed E-state index contributed by atoms with van der Waals surface area (Å²) in [6.45, 7) is 3.70. The molecule has 1 aromatic carbocycles. The van der Waals surface area contributed by atoms with Gasteiger partial charge >= 0.3 is 0 Å². The summed E-state index contributed by atoms with van der Waals surface area (Å²) in [5.41, 5.74) is 6.73. The van der Waals surface area contributed by atoms with Crippen LogP contribution in [0, 0.1) is 0 Å². The Balaban J connectivity index is 1.47. The average Bonchev–Trinajstić information content (AvgIpc) is 3.20. The van der Waals surface area contributed by atoms with Crippen LogP contribution in [0.5, 0.6) is 0 Å². The molecule has 0 bridgehead atoms. The van der Waals surface area contributed by atoms with Gasteiger partial charge in [-0.05, 0) is 57.0 Å². The SMILES string of the molecule is CC1(O)CC(c2nc(-c3ccc4ccn(C5(C)CCC(F)(F)CC5)c(=O)c4c3)c3c(N)nccn23)C1. The summed E-state index contributed by atoms with van der Waals surface area (Å²) in [5, 5.41) is 11.6. The van der Waals surface area contributed by atoms with Gasteiger partial charge in [-0.1, -0.05) is 12.1 Å². The molecule has 0 aliphatic heterocycles. The van der Waals surface area contributed by atoms with Gasteiger partial charge in [-0.25, -0.2) is 18.7 Å². The van der Waals surface area contributed by atoms with Gasteiger partial charge in [0.05, 0.1) is 5.60 Å². The lowest BCUT2D eigenvalue weighted by Gasteiger charge is -2.40. The van der Waals surface area contributed by atoms with Crippen molar-refractivity contribution in [3.8, 4) is 11.3 Å². The Hall–Kier alpha value is -3.33. The zero-order valence-corrected chi connectivity index (χ0v) is 20.3. The number of benzene rings is 1.